The highest BCUT2D eigenvalue weighted by atomic mass is 35.5. The number of hydrogen-bond donors (Lipinski definition) is 4. The van der Waals surface area contributed by atoms with Gasteiger partial charge in [0.05, 0.1) is 28.7 Å². The molecule has 5 nitrogen and oxygen atoms in total. The topological polar surface area (TPSA) is 89.8 Å². The summed E-state index contributed by atoms with van der Waals surface area (Å²) in [5.41, 5.74) is -0.219. The molecule has 4 N–H and O–H groups in total. The lowest BCUT2D eigenvalue weighted by atomic mass is 9.43. The molecule has 38 heavy (non-hydrogen) atoms. The number of fused-ring (bicyclic) bond motifs is 5. The Morgan fingerprint density at radius 2 is 1.82 bits per heavy atom. The first-order valence-corrected chi connectivity index (χ1v) is 16.1. The van der Waals surface area contributed by atoms with Crippen LogP contribution >= 0.6 is 22.9 Å². The molecule has 4 aliphatic rings. The van der Waals surface area contributed by atoms with Crippen molar-refractivity contribution in [2.75, 3.05) is 0 Å². The van der Waals surface area contributed by atoms with E-state index >= 15 is 0 Å². The summed E-state index contributed by atoms with van der Waals surface area (Å²) in [4.78, 5) is 14.4. The Kier molecular flexibility index (Phi) is 8.07. The minimum atomic E-state index is -0.432. The number of rotatable bonds is 6. The molecule has 0 aliphatic heterocycles. The predicted octanol–water partition coefficient (Wildman–Crippen LogP) is 6.20. The van der Waals surface area contributed by atoms with Gasteiger partial charge in [-0.1, -0.05) is 46.2 Å². The van der Waals surface area contributed by atoms with Gasteiger partial charge in [0.1, 0.15) is 0 Å². The molecule has 1 aromatic heterocycles. The summed E-state index contributed by atoms with van der Waals surface area (Å²) in [5, 5.41) is 36.9. The third-order valence-corrected chi connectivity index (χ3v) is 13.2. The number of halogens is 1. The lowest BCUT2D eigenvalue weighted by Gasteiger charge is -2.63. The lowest BCUT2D eigenvalue weighted by molar-refractivity contribution is -0.207. The van der Waals surface area contributed by atoms with E-state index in [1.807, 2.05) is 12.1 Å². The fourth-order valence-electron chi connectivity index (χ4n) is 9.86. The van der Waals surface area contributed by atoms with Gasteiger partial charge in [-0.15, -0.1) is 11.3 Å². The highest BCUT2D eigenvalue weighted by Crippen LogP contribution is 2.68. The summed E-state index contributed by atoms with van der Waals surface area (Å²) in [6, 6.07) is 3.84. The molecule has 4 saturated carbocycles. The van der Waals surface area contributed by atoms with Crippen molar-refractivity contribution in [2.45, 2.75) is 110 Å². The molecule has 214 valence electrons. The van der Waals surface area contributed by atoms with E-state index in [4.69, 9.17) is 11.6 Å². The molecule has 0 radical (unpaired) electrons. The number of aliphatic hydroxyl groups is 3. The van der Waals surface area contributed by atoms with Gasteiger partial charge in [0.2, 0.25) is 5.91 Å². The van der Waals surface area contributed by atoms with Crippen LogP contribution in [0, 0.1) is 52.3 Å². The van der Waals surface area contributed by atoms with Crippen molar-refractivity contribution in [2.24, 2.45) is 52.3 Å². The first-order chi connectivity index (χ1) is 17.9. The van der Waals surface area contributed by atoms with Crippen LogP contribution < -0.4 is 5.32 Å². The zero-order valence-electron chi connectivity index (χ0n) is 23.7. The maximum atomic E-state index is 13.3. The molecular formula is C31H48ClNO4S. The van der Waals surface area contributed by atoms with E-state index in [1.54, 1.807) is 0 Å². The van der Waals surface area contributed by atoms with Crippen LogP contribution in [0.5, 0.6) is 0 Å². The normalized spacial score (nSPS) is 44.2. The monoisotopic (exact) mass is 565 g/mol. The van der Waals surface area contributed by atoms with Crippen molar-refractivity contribution in [3.05, 3.63) is 21.3 Å². The number of nitrogens with one attached hydrogen (secondary N) is 1. The van der Waals surface area contributed by atoms with Crippen LogP contribution in [0.15, 0.2) is 12.1 Å². The summed E-state index contributed by atoms with van der Waals surface area (Å²) < 4.78 is 0.734. The first kappa shape index (κ1) is 28.9. The maximum absolute atomic E-state index is 13.3. The summed E-state index contributed by atoms with van der Waals surface area (Å²) in [6.45, 7) is 11.0. The third kappa shape index (κ3) is 4.78. The first-order valence-electron chi connectivity index (χ1n) is 14.9. The van der Waals surface area contributed by atoms with Gasteiger partial charge < -0.3 is 20.6 Å². The summed E-state index contributed by atoms with van der Waals surface area (Å²) in [7, 11) is 0. The number of carbonyl (C=O) groups is 1. The number of amides is 1. The van der Waals surface area contributed by atoms with Gasteiger partial charge in [-0.2, -0.15) is 0 Å². The molecule has 0 spiro atoms. The van der Waals surface area contributed by atoms with E-state index in [0.29, 0.717) is 18.3 Å². The lowest BCUT2D eigenvalue weighted by Crippen LogP contribution is -2.62. The van der Waals surface area contributed by atoms with E-state index in [1.165, 1.54) is 11.3 Å². The minimum absolute atomic E-state index is 0.0553. The number of aliphatic hydroxyl groups excluding tert-OH is 3. The molecule has 5 rings (SSSR count). The fraction of sp³-hybridized carbons (Fsp3) is 0.839. The number of thiophene rings is 1. The van der Waals surface area contributed by atoms with Crippen molar-refractivity contribution >= 4 is 28.8 Å². The summed E-state index contributed by atoms with van der Waals surface area (Å²) >= 11 is 7.70. The molecule has 4 fully saturated rings. The third-order valence-electron chi connectivity index (χ3n) is 11.9. The van der Waals surface area contributed by atoms with Gasteiger partial charge in [-0.3, -0.25) is 4.79 Å². The molecule has 0 aromatic carbocycles. The fourth-order valence-corrected chi connectivity index (χ4v) is 11.1. The van der Waals surface area contributed by atoms with Crippen LogP contribution in [-0.2, 0) is 4.79 Å². The van der Waals surface area contributed by atoms with E-state index < -0.39 is 6.10 Å². The molecular weight excluding hydrogens is 518 g/mol. The van der Waals surface area contributed by atoms with Crippen LogP contribution in [0.2, 0.25) is 4.34 Å². The van der Waals surface area contributed by atoms with Gasteiger partial charge in [0.15, 0.2) is 0 Å². The number of carbonyl (C=O) groups excluding carboxylic acids is 1. The second kappa shape index (κ2) is 10.6. The van der Waals surface area contributed by atoms with Crippen molar-refractivity contribution in [1.29, 1.82) is 0 Å². The van der Waals surface area contributed by atoms with E-state index in [-0.39, 0.29) is 64.6 Å². The average molecular weight is 566 g/mol. The van der Waals surface area contributed by atoms with Gasteiger partial charge in [-0.25, -0.2) is 0 Å². The Bertz CT molecular complexity index is 1020. The molecule has 0 bridgehead atoms. The summed E-state index contributed by atoms with van der Waals surface area (Å²) in [6.07, 6.45) is 5.46. The summed E-state index contributed by atoms with van der Waals surface area (Å²) in [5.74, 6) is 1.78. The molecule has 4 aliphatic carbocycles. The van der Waals surface area contributed by atoms with Crippen LogP contribution in [0.1, 0.15) is 96.9 Å². The largest absolute Gasteiger partial charge is 0.393 e. The van der Waals surface area contributed by atoms with Crippen LogP contribution in [0.25, 0.3) is 0 Å². The van der Waals surface area contributed by atoms with Crippen LogP contribution in [0.4, 0.5) is 0 Å². The Balaban J connectivity index is 1.31. The van der Waals surface area contributed by atoms with Crippen molar-refractivity contribution < 1.29 is 20.1 Å². The molecule has 1 aromatic rings. The van der Waals surface area contributed by atoms with Crippen LogP contribution in [0.3, 0.4) is 0 Å². The smallest absolute Gasteiger partial charge is 0.220 e. The maximum Gasteiger partial charge on any atom is 0.220 e. The second-order valence-corrected chi connectivity index (χ2v) is 15.9. The number of hydrogen-bond acceptors (Lipinski definition) is 5. The second-order valence-electron chi connectivity index (χ2n) is 14.1. The van der Waals surface area contributed by atoms with Crippen molar-refractivity contribution in [3.8, 4) is 0 Å². The molecule has 7 heteroatoms. The Labute approximate surface area is 237 Å². The molecule has 0 saturated heterocycles. The highest BCUT2D eigenvalue weighted by molar-refractivity contribution is 7.16. The van der Waals surface area contributed by atoms with Gasteiger partial charge in [0, 0.05) is 11.3 Å². The zero-order valence-corrected chi connectivity index (χ0v) is 25.3. The Hall–Kier alpha value is -0.660. The highest BCUT2D eigenvalue weighted by Gasteiger charge is 2.65. The Morgan fingerprint density at radius 3 is 2.47 bits per heavy atom. The van der Waals surface area contributed by atoms with Crippen molar-refractivity contribution in [1.82, 2.24) is 5.32 Å². The minimum Gasteiger partial charge on any atom is -0.393 e. The van der Waals surface area contributed by atoms with E-state index in [9.17, 15) is 20.1 Å². The zero-order chi connectivity index (χ0) is 27.6. The van der Waals surface area contributed by atoms with Gasteiger partial charge in [-0.05, 0) is 109 Å². The van der Waals surface area contributed by atoms with E-state index in [0.717, 1.165) is 54.2 Å². The van der Waals surface area contributed by atoms with Crippen LogP contribution in [-0.4, -0.2) is 39.5 Å². The van der Waals surface area contributed by atoms with Gasteiger partial charge >= 0.3 is 0 Å². The quantitative estimate of drug-likeness (QED) is 0.330. The molecule has 1 heterocycles. The van der Waals surface area contributed by atoms with Crippen molar-refractivity contribution in [3.63, 3.8) is 0 Å². The predicted molar refractivity (Wildman–Crippen MR) is 153 cm³/mol. The molecule has 1 amide bonds. The van der Waals surface area contributed by atoms with E-state index in [2.05, 4.69) is 39.9 Å². The average Bonchev–Trinajstić information content (AvgIpc) is 3.43. The SMILES string of the molecule is CC(C)C(NC(=O)C[C@@H](C)C1CC[C@H]2[C@@H]3[C@H](O)C[C@@H]4C[C@H](O)CC[C@]4(C)[C@H]3C[C@H](O)[C@]12C)c1ccc(Cl)s1. The molecule has 2 unspecified atom stereocenters. The standard InChI is InChI=1S/C31H48ClNO4S/c1-16(2)29(24-8-9-26(32)38-24)33-27(37)12-17(3)20-6-7-21-28-22(15-25(36)31(20,21)5)30(4)11-10-19(34)13-18(30)14-23(28)35/h8-9,16-23,25,28-29,34-36H,6-7,10-15H2,1-5H3,(H,33,37)/t17-,18+,19-,20?,21+,22+,23-,25+,28+,29?,30+,31-/m1/s1. The molecule has 12 atom stereocenters. The van der Waals surface area contributed by atoms with Gasteiger partial charge in [0.25, 0.3) is 0 Å². The Morgan fingerprint density at radius 1 is 1.08 bits per heavy atom.